The highest BCUT2D eigenvalue weighted by Gasteiger charge is 2.12. The van der Waals surface area contributed by atoms with Crippen LogP contribution in [0, 0.1) is 0 Å². The number of aromatic nitrogens is 2. The first-order valence-corrected chi connectivity index (χ1v) is 5.86. The summed E-state index contributed by atoms with van der Waals surface area (Å²) >= 11 is 8.52. The maximum absolute atomic E-state index is 10.9. The molecule has 0 radical (unpaired) electrons. The summed E-state index contributed by atoms with van der Waals surface area (Å²) in [5.74, 6) is 0. The minimum absolute atomic E-state index is 0.0947. The fourth-order valence-electron chi connectivity index (χ4n) is 0.536. The normalized spacial score (nSPS) is 11.6. The molecule has 0 saturated carbocycles. The maximum Gasteiger partial charge on any atom is 0.249 e. The van der Waals surface area contributed by atoms with Crippen LogP contribution in [-0.4, -0.2) is 24.6 Å². The van der Waals surface area contributed by atoms with Crippen LogP contribution >= 0.6 is 27.5 Å². The molecular formula is C5H4BrClN2O2S. The third-order valence-corrected chi connectivity index (χ3v) is 2.42. The second-order valence-electron chi connectivity index (χ2n) is 2.07. The summed E-state index contributed by atoms with van der Waals surface area (Å²) in [5, 5.41) is -0.181. The standard InChI is InChI=1S/C5H4BrClN2O2S/c1-12(10,11)5-8-3(6)2-4(7)9-5/h2H,1H3. The fourth-order valence-corrected chi connectivity index (χ4v) is 1.93. The number of nitrogens with zero attached hydrogens (tertiary/aromatic N) is 2. The van der Waals surface area contributed by atoms with Gasteiger partial charge in [0.1, 0.15) is 9.76 Å². The van der Waals surface area contributed by atoms with Crippen LogP contribution < -0.4 is 0 Å². The van der Waals surface area contributed by atoms with E-state index in [0.717, 1.165) is 6.26 Å². The molecule has 0 saturated heterocycles. The summed E-state index contributed by atoms with van der Waals surface area (Å²) in [5.41, 5.74) is 0. The fraction of sp³-hybridized carbons (Fsp3) is 0.200. The molecule has 0 N–H and O–H groups in total. The van der Waals surface area contributed by atoms with E-state index in [4.69, 9.17) is 11.6 Å². The lowest BCUT2D eigenvalue weighted by Gasteiger charge is -1.97. The van der Waals surface area contributed by atoms with E-state index in [2.05, 4.69) is 25.9 Å². The summed E-state index contributed by atoms with van der Waals surface area (Å²) < 4.78 is 22.2. The van der Waals surface area contributed by atoms with Gasteiger partial charge in [-0.05, 0) is 15.9 Å². The van der Waals surface area contributed by atoms with Crippen molar-refractivity contribution in [3.8, 4) is 0 Å². The molecule has 0 amide bonds. The number of hydrogen-bond donors (Lipinski definition) is 0. The van der Waals surface area contributed by atoms with Gasteiger partial charge < -0.3 is 0 Å². The Balaban J connectivity index is 3.37. The van der Waals surface area contributed by atoms with Crippen LogP contribution in [0.3, 0.4) is 0 Å². The molecule has 1 heterocycles. The van der Waals surface area contributed by atoms with Gasteiger partial charge in [0, 0.05) is 12.3 Å². The number of rotatable bonds is 1. The average Bonchev–Trinajstić information content (AvgIpc) is 1.82. The van der Waals surface area contributed by atoms with E-state index in [1.54, 1.807) is 0 Å². The van der Waals surface area contributed by atoms with E-state index in [0.29, 0.717) is 4.60 Å². The molecule has 1 aromatic heterocycles. The Hall–Kier alpha value is -0.200. The van der Waals surface area contributed by atoms with Crippen LogP contribution in [-0.2, 0) is 9.84 Å². The highest BCUT2D eigenvalue weighted by atomic mass is 79.9. The van der Waals surface area contributed by atoms with Crippen molar-refractivity contribution >= 4 is 37.4 Å². The average molecular weight is 272 g/mol. The second kappa shape index (κ2) is 3.27. The predicted octanol–water partition coefficient (Wildman–Crippen LogP) is 1.30. The van der Waals surface area contributed by atoms with Gasteiger partial charge in [0.05, 0.1) is 0 Å². The predicted molar refractivity (Wildman–Crippen MR) is 47.9 cm³/mol. The zero-order chi connectivity index (χ0) is 9.35. The third kappa shape index (κ3) is 2.40. The summed E-state index contributed by atoms with van der Waals surface area (Å²) in [6, 6.07) is 1.41. The zero-order valence-corrected chi connectivity index (χ0v) is 9.11. The molecule has 0 aromatic carbocycles. The van der Waals surface area contributed by atoms with Crippen LogP contribution in [0.5, 0.6) is 0 Å². The van der Waals surface area contributed by atoms with Crippen molar-refractivity contribution in [3.63, 3.8) is 0 Å². The van der Waals surface area contributed by atoms with Crippen molar-refractivity contribution < 1.29 is 8.42 Å². The third-order valence-electron chi connectivity index (χ3n) is 0.975. The van der Waals surface area contributed by atoms with Crippen molar-refractivity contribution in [1.29, 1.82) is 0 Å². The Morgan fingerprint density at radius 2 is 2.08 bits per heavy atom. The van der Waals surface area contributed by atoms with E-state index < -0.39 is 9.84 Å². The van der Waals surface area contributed by atoms with E-state index in [9.17, 15) is 8.42 Å². The van der Waals surface area contributed by atoms with Crippen molar-refractivity contribution in [2.24, 2.45) is 0 Å². The van der Waals surface area contributed by atoms with E-state index in [1.807, 2.05) is 0 Å². The van der Waals surface area contributed by atoms with Gasteiger partial charge in [-0.1, -0.05) is 11.6 Å². The van der Waals surface area contributed by atoms with Crippen LogP contribution in [0.2, 0.25) is 5.15 Å². The molecule has 0 spiro atoms. The molecule has 0 aliphatic heterocycles. The van der Waals surface area contributed by atoms with Gasteiger partial charge in [-0.15, -0.1) is 0 Å². The van der Waals surface area contributed by atoms with Crippen molar-refractivity contribution in [3.05, 3.63) is 15.8 Å². The molecule has 7 heteroatoms. The van der Waals surface area contributed by atoms with E-state index in [-0.39, 0.29) is 10.3 Å². The highest BCUT2D eigenvalue weighted by Crippen LogP contribution is 2.14. The Kier molecular flexibility index (Phi) is 2.70. The Morgan fingerprint density at radius 1 is 1.50 bits per heavy atom. The zero-order valence-electron chi connectivity index (χ0n) is 5.95. The molecule has 1 aromatic rings. The van der Waals surface area contributed by atoms with Gasteiger partial charge in [0.15, 0.2) is 0 Å². The maximum atomic E-state index is 10.9. The minimum atomic E-state index is -3.38. The molecule has 0 atom stereocenters. The first-order chi connectivity index (χ1) is 5.39. The SMILES string of the molecule is CS(=O)(=O)c1nc(Cl)cc(Br)n1. The lowest BCUT2D eigenvalue weighted by molar-refractivity contribution is 0.592. The van der Waals surface area contributed by atoms with Crippen LogP contribution in [0.15, 0.2) is 15.8 Å². The molecular weight excluding hydrogens is 267 g/mol. The van der Waals surface area contributed by atoms with Crippen LogP contribution in [0.4, 0.5) is 0 Å². The molecule has 66 valence electrons. The molecule has 1 rings (SSSR count). The Morgan fingerprint density at radius 3 is 2.50 bits per heavy atom. The Bertz CT molecular complexity index is 386. The van der Waals surface area contributed by atoms with E-state index in [1.165, 1.54) is 6.07 Å². The molecule has 12 heavy (non-hydrogen) atoms. The largest absolute Gasteiger partial charge is 0.249 e. The van der Waals surface area contributed by atoms with Gasteiger partial charge in [-0.25, -0.2) is 18.4 Å². The van der Waals surface area contributed by atoms with Gasteiger partial charge in [0.25, 0.3) is 0 Å². The van der Waals surface area contributed by atoms with Crippen LogP contribution in [0.1, 0.15) is 0 Å². The topological polar surface area (TPSA) is 59.9 Å². The number of halogens is 2. The summed E-state index contributed by atoms with van der Waals surface area (Å²) in [4.78, 5) is 7.18. The van der Waals surface area contributed by atoms with Crippen molar-refractivity contribution in [2.75, 3.05) is 6.26 Å². The van der Waals surface area contributed by atoms with Gasteiger partial charge >= 0.3 is 0 Å². The molecule has 0 bridgehead atoms. The van der Waals surface area contributed by atoms with Crippen molar-refractivity contribution in [2.45, 2.75) is 5.16 Å². The molecule has 0 fully saturated rings. The van der Waals surface area contributed by atoms with Gasteiger partial charge in [-0.2, -0.15) is 0 Å². The number of hydrogen-bond acceptors (Lipinski definition) is 4. The Labute approximate surface area is 83.0 Å². The smallest absolute Gasteiger partial charge is 0.221 e. The second-order valence-corrected chi connectivity index (χ2v) is 5.18. The number of sulfone groups is 1. The van der Waals surface area contributed by atoms with Crippen LogP contribution in [0.25, 0.3) is 0 Å². The van der Waals surface area contributed by atoms with E-state index >= 15 is 0 Å². The summed E-state index contributed by atoms with van der Waals surface area (Å²) in [7, 11) is -3.38. The molecule has 0 aliphatic carbocycles. The van der Waals surface area contributed by atoms with Gasteiger partial charge in [0.2, 0.25) is 15.0 Å². The first kappa shape index (κ1) is 9.88. The monoisotopic (exact) mass is 270 g/mol. The highest BCUT2D eigenvalue weighted by molar-refractivity contribution is 9.10. The summed E-state index contributed by atoms with van der Waals surface area (Å²) in [6.45, 7) is 0. The molecule has 4 nitrogen and oxygen atoms in total. The van der Waals surface area contributed by atoms with Crippen molar-refractivity contribution in [1.82, 2.24) is 9.97 Å². The molecule has 0 unspecified atom stereocenters. The lowest BCUT2D eigenvalue weighted by Crippen LogP contribution is -2.03. The lowest BCUT2D eigenvalue weighted by atomic mass is 10.7. The quantitative estimate of drug-likeness (QED) is 0.570. The minimum Gasteiger partial charge on any atom is -0.221 e. The summed E-state index contributed by atoms with van der Waals surface area (Å²) in [6.07, 6.45) is 1.02. The first-order valence-electron chi connectivity index (χ1n) is 2.80. The van der Waals surface area contributed by atoms with Gasteiger partial charge in [-0.3, -0.25) is 0 Å². The molecule has 0 aliphatic rings.